The predicted octanol–water partition coefficient (Wildman–Crippen LogP) is 4.91. The van der Waals surface area contributed by atoms with Gasteiger partial charge in [-0.05, 0) is 48.7 Å². The van der Waals surface area contributed by atoms with Crippen molar-refractivity contribution in [3.05, 3.63) is 59.0 Å². The summed E-state index contributed by atoms with van der Waals surface area (Å²) in [7, 11) is 0. The van der Waals surface area contributed by atoms with Crippen molar-refractivity contribution in [1.29, 1.82) is 0 Å². The molecular formula is C27H32ClFN6O2. The van der Waals surface area contributed by atoms with Crippen LogP contribution in [0.4, 0.5) is 22.0 Å². The first-order chi connectivity index (χ1) is 18.0. The molecule has 4 heterocycles. The second-order valence-electron chi connectivity index (χ2n) is 8.81. The standard InChI is InChI=1S/C25H26ClFN6O2.C2H6/c26-20-13-17(14-23(34)35)16-28-24(20)32-11-9-31(10-12-32)22-15-21(18-3-5-19(27)6-4-18)29-25(30-22)33-7-1-2-8-33;1-2/h3-6,13,15-16H,1-2,7-12,14H2,(H,34,35);1-2H3. The number of carbonyl (C=O) groups is 1. The van der Waals surface area contributed by atoms with Crippen LogP contribution < -0.4 is 14.7 Å². The number of hydrogen-bond acceptors (Lipinski definition) is 7. The van der Waals surface area contributed by atoms with E-state index in [-0.39, 0.29) is 12.2 Å². The second kappa shape index (κ2) is 12.2. The molecule has 0 amide bonds. The van der Waals surface area contributed by atoms with Crippen LogP contribution in [0.25, 0.3) is 11.3 Å². The van der Waals surface area contributed by atoms with Crippen LogP contribution in [0.1, 0.15) is 32.3 Å². The van der Waals surface area contributed by atoms with E-state index in [0.717, 1.165) is 43.0 Å². The fourth-order valence-corrected chi connectivity index (χ4v) is 4.84. The van der Waals surface area contributed by atoms with Crippen LogP contribution in [0, 0.1) is 5.82 Å². The molecule has 8 nitrogen and oxygen atoms in total. The number of benzene rings is 1. The van der Waals surface area contributed by atoms with Gasteiger partial charge in [-0.1, -0.05) is 25.4 Å². The zero-order valence-corrected chi connectivity index (χ0v) is 22.0. The SMILES string of the molecule is CC.O=C(O)Cc1cnc(N2CCN(c3cc(-c4ccc(F)cc4)nc(N4CCCC4)n3)CC2)c(Cl)c1. The molecule has 37 heavy (non-hydrogen) atoms. The van der Waals surface area contributed by atoms with Crippen LogP contribution in [0.5, 0.6) is 0 Å². The third kappa shape index (κ3) is 6.46. The van der Waals surface area contributed by atoms with E-state index in [1.807, 2.05) is 19.9 Å². The third-order valence-electron chi connectivity index (χ3n) is 6.37. The lowest BCUT2D eigenvalue weighted by Gasteiger charge is -2.36. The monoisotopic (exact) mass is 526 g/mol. The number of aromatic nitrogens is 3. The summed E-state index contributed by atoms with van der Waals surface area (Å²) >= 11 is 6.43. The van der Waals surface area contributed by atoms with Crippen LogP contribution in [0.15, 0.2) is 42.6 Å². The van der Waals surface area contributed by atoms with Crippen LogP contribution in [-0.2, 0) is 11.2 Å². The van der Waals surface area contributed by atoms with Gasteiger partial charge >= 0.3 is 5.97 Å². The number of aliphatic carboxylic acids is 1. The molecule has 2 saturated heterocycles. The minimum Gasteiger partial charge on any atom is -0.481 e. The lowest BCUT2D eigenvalue weighted by atomic mass is 10.1. The summed E-state index contributed by atoms with van der Waals surface area (Å²) < 4.78 is 13.5. The molecule has 2 aliphatic heterocycles. The first-order valence-corrected chi connectivity index (χ1v) is 13.1. The summed E-state index contributed by atoms with van der Waals surface area (Å²) in [6.07, 6.45) is 3.71. The predicted molar refractivity (Wildman–Crippen MR) is 145 cm³/mol. The lowest BCUT2D eigenvalue weighted by molar-refractivity contribution is -0.136. The normalized spacial score (nSPS) is 15.4. The quantitative estimate of drug-likeness (QED) is 0.485. The maximum atomic E-state index is 13.5. The number of anilines is 3. The van der Waals surface area contributed by atoms with Gasteiger partial charge in [-0.25, -0.2) is 14.4 Å². The van der Waals surface area contributed by atoms with E-state index in [1.165, 1.54) is 12.1 Å². The van der Waals surface area contributed by atoms with Crippen molar-refractivity contribution in [3.8, 4) is 11.3 Å². The Morgan fingerprint density at radius 1 is 0.946 bits per heavy atom. The van der Waals surface area contributed by atoms with Crippen molar-refractivity contribution >= 4 is 35.2 Å². The molecule has 0 bridgehead atoms. The Morgan fingerprint density at radius 2 is 1.59 bits per heavy atom. The maximum absolute atomic E-state index is 13.5. The van der Waals surface area contributed by atoms with Gasteiger partial charge in [0, 0.05) is 57.1 Å². The molecule has 1 aromatic carbocycles. The first kappa shape index (κ1) is 26.6. The molecule has 2 aliphatic rings. The van der Waals surface area contributed by atoms with Crippen LogP contribution in [0.3, 0.4) is 0 Å². The smallest absolute Gasteiger partial charge is 0.307 e. The fraction of sp³-hybridized carbons (Fsp3) is 0.407. The molecule has 2 aromatic heterocycles. The Hall–Kier alpha value is -3.46. The topological polar surface area (TPSA) is 85.7 Å². The van der Waals surface area contributed by atoms with E-state index >= 15 is 0 Å². The lowest BCUT2D eigenvalue weighted by Crippen LogP contribution is -2.47. The van der Waals surface area contributed by atoms with Crippen LogP contribution in [0.2, 0.25) is 5.02 Å². The summed E-state index contributed by atoms with van der Waals surface area (Å²) in [6.45, 7) is 8.69. The molecule has 3 aromatic rings. The van der Waals surface area contributed by atoms with E-state index in [2.05, 4.69) is 19.7 Å². The maximum Gasteiger partial charge on any atom is 0.307 e. The fourth-order valence-electron chi connectivity index (χ4n) is 4.53. The minimum absolute atomic E-state index is 0.107. The van der Waals surface area contributed by atoms with Crippen molar-refractivity contribution in [3.63, 3.8) is 0 Å². The van der Waals surface area contributed by atoms with Crippen LogP contribution in [-0.4, -0.2) is 65.3 Å². The Balaban J connectivity index is 0.00000156. The Labute approximate surface area is 221 Å². The van der Waals surface area contributed by atoms with E-state index in [9.17, 15) is 9.18 Å². The van der Waals surface area contributed by atoms with Gasteiger partial charge in [-0.2, -0.15) is 4.98 Å². The van der Waals surface area contributed by atoms with Crippen molar-refractivity contribution in [1.82, 2.24) is 15.0 Å². The molecule has 5 rings (SSSR count). The average Bonchev–Trinajstić information content (AvgIpc) is 3.45. The van der Waals surface area contributed by atoms with Gasteiger partial charge in [0.05, 0.1) is 17.1 Å². The summed E-state index contributed by atoms with van der Waals surface area (Å²) in [6, 6.07) is 10.0. The van der Waals surface area contributed by atoms with Gasteiger partial charge in [0.2, 0.25) is 5.95 Å². The highest BCUT2D eigenvalue weighted by Gasteiger charge is 2.24. The summed E-state index contributed by atoms with van der Waals surface area (Å²) in [5.41, 5.74) is 2.21. The molecule has 0 saturated carbocycles. The van der Waals surface area contributed by atoms with Crippen LogP contribution >= 0.6 is 11.6 Å². The largest absolute Gasteiger partial charge is 0.481 e. The molecule has 0 unspecified atom stereocenters. The van der Waals surface area contributed by atoms with Crippen molar-refractivity contribution in [2.75, 3.05) is 54.0 Å². The van der Waals surface area contributed by atoms with Crippen molar-refractivity contribution < 1.29 is 14.3 Å². The van der Waals surface area contributed by atoms with E-state index in [4.69, 9.17) is 26.7 Å². The molecule has 196 valence electrons. The number of halogens is 2. The van der Waals surface area contributed by atoms with E-state index in [1.54, 1.807) is 24.4 Å². The number of pyridine rings is 1. The Morgan fingerprint density at radius 3 is 2.22 bits per heavy atom. The number of carboxylic acids is 1. The highest BCUT2D eigenvalue weighted by atomic mass is 35.5. The highest BCUT2D eigenvalue weighted by molar-refractivity contribution is 6.33. The summed E-state index contributed by atoms with van der Waals surface area (Å²) in [4.78, 5) is 31.6. The molecule has 10 heteroatoms. The van der Waals surface area contributed by atoms with E-state index < -0.39 is 5.97 Å². The van der Waals surface area contributed by atoms with Gasteiger partial charge in [-0.15, -0.1) is 0 Å². The molecule has 1 N–H and O–H groups in total. The van der Waals surface area contributed by atoms with Gasteiger partial charge in [-0.3, -0.25) is 4.79 Å². The second-order valence-corrected chi connectivity index (χ2v) is 9.21. The summed E-state index contributed by atoms with van der Waals surface area (Å²) in [5, 5.41) is 9.44. The zero-order valence-electron chi connectivity index (χ0n) is 21.2. The zero-order chi connectivity index (χ0) is 26.4. The van der Waals surface area contributed by atoms with Crippen molar-refractivity contribution in [2.45, 2.75) is 33.1 Å². The molecular weight excluding hydrogens is 495 g/mol. The Bertz CT molecular complexity index is 1210. The van der Waals surface area contributed by atoms with E-state index in [0.29, 0.717) is 48.5 Å². The van der Waals surface area contributed by atoms with Crippen molar-refractivity contribution in [2.24, 2.45) is 0 Å². The number of nitrogens with zero attached hydrogens (tertiary/aromatic N) is 6. The highest BCUT2D eigenvalue weighted by Crippen LogP contribution is 2.29. The van der Waals surface area contributed by atoms with Gasteiger partial charge in [0.25, 0.3) is 0 Å². The minimum atomic E-state index is -0.914. The summed E-state index contributed by atoms with van der Waals surface area (Å²) in [5.74, 6) is 1.02. The first-order valence-electron chi connectivity index (χ1n) is 12.7. The van der Waals surface area contributed by atoms with Gasteiger partial charge in [0.1, 0.15) is 17.5 Å². The molecule has 0 radical (unpaired) electrons. The average molecular weight is 527 g/mol. The van der Waals surface area contributed by atoms with Gasteiger partial charge < -0.3 is 19.8 Å². The molecule has 0 atom stereocenters. The molecule has 0 aliphatic carbocycles. The third-order valence-corrected chi connectivity index (χ3v) is 6.64. The number of rotatable bonds is 6. The number of hydrogen-bond donors (Lipinski definition) is 1. The van der Waals surface area contributed by atoms with Gasteiger partial charge in [0.15, 0.2) is 0 Å². The molecule has 0 spiro atoms. The molecule has 2 fully saturated rings. The number of piperazine rings is 1. The Kier molecular flexibility index (Phi) is 8.76. The number of carboxylic acid groups (broad SMARTS) is 1.